The lowest BCUT2D eigenvalue weighted by Crippen LogP contribution is -2.40. The second-order valence-electron chi connectivity index (χ2n) is 8.23. The number of carbonyl (C=O) groups excluding carboxylic acids is 3. The van der Waals surface area contributed by atoms with Crippen molar-refractivity contribution < 1.29 is 28.8 Å². The Morgan fingerprint density at radius 2 is 1.54 bits per heavy atom. The number of benzene rings is 3. The molecule has 0 aromatic heterocycles. The second kappa shape index (κ2) is 10.8. The number of ketones is 1. The smallest absolute Gasteiger partial charge is 0.323 e. The maximum Gasteiger partial charge on any atom is 0.323 e. The normalized spacial score (nSPS) is 12.1. The monoisotopic (exact) mass is 506 g/mol. The van der Waals surface area contributed by atoms with Crippen LogP contribution in [0.3, 0.4) is 0 Å². The van der Waals surface area contributed by atoms with Crippen molar-refractivity contribution >= 4 is 34.8 Å². The fraction of sp³-hybridized carbons (Fsp3) is 0.192. The molecule has 0 saturated carbocycles. The quantitative estimate of drug-likeness (QED) is 0.222. The van der Waals surface area contributed by atoms with Gasteiger partial charge in [0, 0.05) is 17.3 Å². The van der Waals surface area contributed by atoms with Crippen molar-refractivity contribution in [2.24, 2.45) is 5.73 Å². The number of carbonyl (C=O) groups is 3. The molecule has 37 heavy (non-hydrogen) atoms. The minimum absolute atomic E-state index is 0.0353. The molecule has 0 aliphatic carbocycles. The van der Waals surface area contributed by atoms with Crippen molar-refractivity contribution in [2.45, 2.75) is 19.3 Å². The molecule has 1 atom stereocenters. The standard InChI is InChI=1S/C26H26N4O7/c1-15(31)18-13-22(36-3)23(37-4)14-19(18)26(2,24(27)32)16-9-11-17(12-10-16)28-25(33)29-20-7-5-6-8-21(20)30(34)35/h5-14H,1-4H3,(H2,27,32)(H2,28,29,33). The Morgan fingerprint density at radius 1 is 0.946 bits per heavy atom. The first kappa shape index (κ1) is 26.7. The summed E-state index contributed by atoms with van der Waals surface area (Å²) < 4.78 is 10.7. The Kier molecular flexibility index (Phi) is 7.76. The minimum atomic E-state index is -1.44. The molecule has 0 aliphatic rings. The highest BCUT2D eigenvalue weighted by molar-refractivity contribution is 6.02. The number of methoxy groups -OCH3 is 2. The van der Waals surface area contributed by atoms with E-state index in [0.29, 0.717) is 28.3 Å². The number of para-hydroxylation sites is 2. The van der Waals surface area contributed by atoms with Crippen LogP contribution >= 0.6 is 0 Å². The molecule has 0 fully saturated rings. The summed E-state index contributed by atoms with van der Waals surface area (Å²) in [5, 5.41) is 16.2. The van der Waals surface area contributed by atoms with Crippen molar-refractivity contribution in [3.63, 3.8) is 0 Å². The van der Waals surface area contributed by atoms with E-state index in [1.165, 1.54) is 45.4 Å². The van der Waals surface area contributed by atoms with Crippen LogP contribution in [0.5, 0.6) is 11.5 Å². The van der Waals surface area contributed by atoms with Gasteiger partial charge in [0.1, 0.15) is 5.69 Å². The van der Waals surface area contributed by atoms with Gasteiger partial charge in [-0.25, -0.2) is 4.79 Å². The zero-order valence-electron chi connectivity index (χ0n) is 20.7. The third kappa shape index (κ3) is 5.35. The molecular formula is C26H26N4O7. The zero-order valence-corrected chi connectivity index (χ0v) is 20.7. The topological polar surface area (TPSA) is 163 Å². The molecule has 0 aliphatic heterocycles. The van der Waals surface area contributed by atoms with Crippen LogP contribution < -0.4 is 25.8 Å². The summed E-state index contributed by atoms with van der Waals surface area (Å²) in [5.74, 6) is -0.363. The molecule has 3 aromatic rings. The molecule has 3 aromatic carbocycles. The fourth-order valence-corrected chi connectivity index (χ4v) is 3.92. The predicted octanol–water partition coefficient (Wildman–Crippen LogP) is 4.25. The van der Waals surface area contributed by atoms with E-state index in [1.54, 1.807) is 43.3 Å². The number of nitrogens with zero attached hydrogens (tertiary/aromatic N) is 1. The van der Waals surface area contributed by atoms with Gasteiger partial charge >= 0.3 is 6.03 Å². The number of hydrogen-bond acceptors (Lipinski definition) is 7. The number of primary amides is 1. The van der Waals surface area contributed by atoms with Gasteiger partial charge in [-0.3, -0.25) is 19.7 Å². The number of hydrogen-bond donors (Lipinski definition) is 3. The van der Waals surface area contributed by atoms with Gasteiger partial charge in [-0.05, 0) is 55.3 Å². The van der Waals surface area contributed by atoms with E-state index < -0.39 is 22.3 Å². The first-order chi connectivity index (χ1) is 17.5. The van der Waals surface area contributed by atoms with Gasteiger partial charge in [0.15, 0.2) is 17.3 Å². The van der Waals surface area contributed by atoms with E-state index in [2.05, 4.69) is 10.6 Å². The SMILES string of the molecule is COc1cc(C(C)=O)c(C(C)(C(N)=O)c2ccc(NC(=O)Nc3ccccc3[N+](=O)[O-])cc2)cc1OC. The largest absolute Gasteiger partial charge is 0.493 e. The van der Waals surface area contributed by atoms with Gasteiger partial charge in [0.2, 0.25) is 5.91 Å². The van der Waals surface area contributed by atoms with Crippen LogP contribution in [0.2, 0.25) is 0 Å². The van der Waals surface area contributed by atoms with Gasteiger partial charge in [-0.15, -0.1) is 0 Å². The van der Waals surface area contributed by atoms with Crippen molar-refractivity contribution in [3.8, 4) is 11.5 Å². The summed E-state index contributed by atoms with van der Waals surface area (Å²) in [4.78, 5) is 48.3. The average Bonchev–Trinajstić information content (AvgIpc) is 2.87. The van der Waals surface area contributed by atoms with Gasteiger partial charge in [0.25, 0.3) is 5.69 Å². The predicted molar refractivity (Wildman–Crippen MR) is 137 cm³/mol. The van der Waals surface area contributed by atoms with E-state index in [4.69, 9.17) is 15.2 Å². The first-order valence-electron chi connectivity index (χ1n) is 11.0. The number of nitrogens with two attached hydrogens (primary N) is 1. The molecular weight excluding hydrogens is 480 g/mol. The molecule has 3 rings (SSSR count). The van der Waals surface area contributed by atoms with Crippen LogP contribution in [0.4, 0.5) is 21.9 Å². The number of amides is 3. The van der Waals surface area contributed by atoms with Gasteiger partial charge < -0.3 is 25.8 Å². The van der Waals surface area contributed by atoms with E-state index in [-0.39, 0.29) is 22.7 Å². The first-order valence-corrected chi connectivity index (χ1v) is 11.0. The molecule has 4 N–H and O–H groups in total. The summed E-state index contributed by atoms with van der Waals surface area (Å²) in [6.07, 6.45) is 0. The minimum Gasteiger partial charge on any atom is -0.493 e. The van der Waals surface area contributed by atoms with Crippen molar-refractivity contribution in [1.82, 2.24) is 0 Å². The van der Waals surface area contributed by atoms with Crippen molar-refractivity contribution in [3.05, 3.63) is 87.5 Å². The highest BCUT2D eigenvalue weighted by Crippen LogP contribution is 2.40. The van der Waals surface area contributed by atoms with E-state index in [0.717, 1.165) is 0 Å². The highest BCUT2D eigenvalue weighted by atomic mass is 16.6. The summed E-state index contributed by atoms with van der Waals surface area (Å²) in [6, 6.07) is 14.4. The summed E-state index contributed by atoms with van der Waals surface area (Å²) in [5.41, 5.74) is 5.58. The Balaban J connectivity index is 1.95. The lowest BCUT2D eigenvalue weighted by Gasteiger charge is -2.30. The molecule has 0 radical (unpaired) electrons. The van der Waals surface area contributed by atoms with Gasteiger partial charge in [-0.2, -0.15) is 0 Å². The van der Waals surface area contributed by atoms with Gasteiger partial charge in [-0.1, -0.05) is 24.3 Å². The molecule has 0 saturated heterocycles. The van der Waals surface area contributed by atoms with Crippen LogP contribution in [0.15, 0.2) is 60.7 Å². The van der Waals surface area contributed by atoms with E-state index in [1.807, 2.05) is 0 Å². The summed E-state index contributed by atoms with van der Waals surface area (Å²) in [7, 11) is 2.87. The van der Waals surface area contributed by atoms with Crippen molar-refractivity contribution in [2.75, 3.05) is 24.9 Å². The molecule has 0 bridgehead atoms. The van der Waals surface area contributed by atoms with Crippen LogP contribution in [-0.4, -0.2) is 36.9 Å². The van der Waals surface area contributed by atoms with Crippen LogP contribution in [0, 0.1) is 10.1 Å². The van der Waals surface area contributed by atoms with E-state index in [9.17, 15) is 24.5 Å². The highest BCUT2D eigenvalue weighted by Gasteiger charge is 2.39. The van der Waals surface area contributed by atoms with Crippen LogP contribution in [0.25, 0.3) is 0 Å². The zero-order chi connectivity index (χ0) is 27.3. The lowest BCUT2D eigenvalue weighted by molar-refractivity contribution is -0.383. The third-order valence-electron chi connectivity index (χ3n) is 6.00. The number of nitro groups is 1. The number of nitrogens with one attached hydrogen (secondary N) is 2. The molecule has 11 heteroatoms. The Bertz CT molecular complexity index is 1370. The summed E-state index contributed by atoms with van der Waals surface area (Å²) >= 11 is 0. The number of anilines is 2. The molecule has 192 valence electrons. The second-order valence-corrected chi connectivity index (χ2v) is 8.23. The Hall–Kier alpha value is -4.93. The average molecular weight is 507 g/mol. The molecule has 3 amide bonds. The lowest BCUT2D eigenvalue weighted by atomic mass is 9.73. The third-order valence-corrected chi connectivity index (χ3v) is 6.00. The molecule has 0 heterocycles. The number of ether oxygens (including phenoxy) is 2. The number of rotatable bonds is 9. The molecule has 0 spiro atoms. The Labute approximate surface area is 212 Å². The summed E-state index contributed by atoms with van der Waals surface area (Å²) in [6.45, 7) is 2.96. The number of nitro benzene ring substituents is 1. The van der Waals surface area contributed by atoms with Crippen LogP contribution in [0.1, 0.15) is 35.3 Å². The Morgan fingerprint density at radius 3 is 2.08 bits per heavy atom. The number of Topliss-reactive ketones (excluding diaryl/α,β-unsaturated/α-hetero) is 1. The van der Waals surface area contributed by atoms with Crippen LogP contribution in [-0.2, 0) is 10.2 Å². The van der Waals surface area contributed by atoms with E-state index >= 15 is 0 Å². The van der Waals surface area contributed by atoms with Gasteiger partial charge in [0.05, 0.1) is 24.6 Å². The molecule has 1 unspecified atom stereocenters. The maximum atomic E-state index is 12.8. The van der Waals surface area contributed by atoms with Crippen molar-refractivity contribution in [1.29, 1.82) is 0 Å². The number of urea groups is 1. The molecule has 11 nitrogen and oxygen atoms in total. The fourth-order valence-electron chi connectivity index (χ4n) is 3.92. The maximum absolute atomic E-state index is 12.8.